The van der Waals surface area contributed by atoms with Crippen LogP contribution in [-0.2, 0) is 36.4 Å². The minimum Gasteiger partial charge on any atom is -0.450 e. The van der Waals surface area contributed by atoms with Gasteiger partial charge in [0.25, 0.3) is 0 Å². The number of benzene rings is 2. The summed E-state index contributed by atoms with van der Waals surface area (Å²) in [6, 6.07) is 10.8. The molecule has 0 radical (unpaired) electrons. The van der Waals surface area contributed by atoms with E-state index >= 15 is 0 Å². The van der Waals surface area contributed by atoms with Crippen LogP contribution in [0.25, 0.3) is 0 Å². The normalized spacial score (nSPS) is 20.0. The van der Waals surface area contributed by atoms with Gasteiger partial charge in [-0.25, -0.2) is 18.2 Å². The first-order chi connectivity index (χ1) is 16.7. The summed E-state index contributed by atoms with van der Waals surface area (Å²) in [5.74, 6) is -1.63. The Labute approximate surface area is 212 Å². The molecule has 1 aliphatic heterocycles. The number of amides is 1. The summed E-state index contributed by atoms with van der Waals surface area (Å²) in [6.07, 6.45) is 3.60. The van der Waals surface area contributed by atoms with E-state index in [4.69, 9.17) is 37.4 Å². The second-order valence-electron chi connectivity index (χ2n) is 7.81. The van der Waals surface area contributed by atoms with Crippen LogP contribution in [0, 0.1) is 0 Å². The number of nitrogens with zero attached hydrogens (tertiary/aromatic N) is 2. The molecule has 0 aliphatic carbocycles. The molecule has 0 spiro atoms. The van der Waals surface area contributed by atoms with Gasteiger partial charge in [0.05, 0.1) is 47.9 Å². The van der Waals surface area contributed by atoms with Gasteiger partial charge >= 0.3 is 6.09 Å². The molecule has 2 atom stereocenters. The molecule has 1 saturated heterocycles. The van der Waals surface area contributed by atoms with Crippen molar-refractivity contribution in [2.75, 3.05) is 24.3 Å². The molecule has 1 aromatic heterocycles. The number of hydrogen-bond acceptors (Lipinski definition) is 7. The van der Waals surface area contributed by atoms with Crippen molar-refractivity contribution in [1.82, 2.24) is 9.55 Å². The van der Waals surface area contributed by atoms with Gasteiger partial charge in [-0.15, -0.1) is 0 Å². The van der Waals surface area contributed by atoms with Crippen LogP contribution in [-0.4, -0.2) is 49.1 Å². The van der Waals surface area contributed by atoms with Crippen molar-refractivity contribution in [2.24, 2.45) is 0 Å². The van der Waals surface area contributed by atoms with E-state index in [1.807, 2.05) is 0 Å². The Balaban J connectivity index is 1.52. The number of rotatable bonds is 8. The molecule has 9 nitrogen and oxygen atoms in total. The molecule has 0 unspecified atom stereocenters. The number of sulfone groups is 1. The predicted molar refractivity (Wildman–Crippen MR) is 130 cm³/mol. The van der Waals surface area contributed by atoms with Crippen molar-refractivity contribution in [3.8, 4) is 0 Å². The van der Waals surface area contributed by atoms with Gasteiger partial charge in [-0.1, -0.05) is 29.3 Å². The highest BCUT2D eigenvalue weighted by molar-refractivity contribution is 7.91. The van der Waals surface area contributed by atoms with Gasteiger partial charge in [-0.3, -0.25) is 5.32 Å². The number of imidazole rings is 1. The highest BCUT2D eigenvalue weighted by atomic mass is 35.5. The van der Waals surface area contributed by atoms with Gasteiger partial charge in [0.1, 0.15) is 0 Å². The Morgan fingerprint density at radius 2 is 2.03 bits per heavy atom. The van der Waals surface area contributed by atoms with Crippen molar-refractivity contribution in [2.45, 2.75) is 30.3 Å². The Morgan fingerprint density at radius 1 is 1.26 bits per heavy atom. The number of anilines is 1. The summed E-state index contributed by atoms with van der Waals surface area (Å²) in [6.45, 7) is 2.16. The molecule has 0 bridgehead atoms. The summed E-state index contributed by atoms with van der Waals surface area (Å²) in [7, 11) is -3.73. The van der Waals surface area contributed by atoms with Gasteiger partial charge in [0.2, 0.25) is 5.79 Å². The second kappa shape index (κ2) is 10.5. The first-order valence-electron chi connectivity index (χ1n) is 10.7. The van der Waals surface area contributed by atoms with Gasteiger partial charge in [-0.05, 0) is 43.3 Å². The third-order valence-corrected chi connectivity index (χ3v) is 7.64. The highest BCUT2D eigenvalue weighted by Gasteiger charge is 2.46. The summed E-state index contributed by atoms with van der Waals surface area (Å²) in [5, 5.41) is 3.32. The van der Waals surface area contributed by atoms with Crippen LogP contribution < -0.4 is 5.32 Å². The molecular weight excluding hydrogens is 517 g/mol. The molecule has 3 aromatic rings. The Kier molecular flexibility index (Phi) is 7.67. The van der Waals surface area contributed by atoms with Crippen molar-refractivity contribution < 1.29 is 27.4 Å². The molecule has 0 saturated carbocycles. The molecule has 1 aliphatic rings. The number of aromatic nitrogens is 2. The summed E-state index contributed by atoms with van der Waals surface area (Å²) in [4.78, 5) is 15.7. The number of carbonyl (C=O) groups is 1. The average molecular weight is 540 g/mol. The number of hydrogen-bond donors (Lipinski definition) is 1. The van der Waals surface area contributed by atoms with Crippen LogP contribution in [0.5, 0.6) is 0 Å². The lowest BCUT2D eigenvalue weighted by Crippen LogP contribution is -2.34. The number of nitrogens with one attached hydrogen (secondary N) is 1. The zero-order chi connectivity index (χ0) is 25.1. The largest absolute Gasteiger partial charge is 0.450 e. The third kappa shape index (κ3) is 5.96. The first-order valence-corrected chi connectivity index (χ1v) is 13.1. The minimum atomic E-state index is -3.73. The molecule has 4 rings (SSSR count). The minimum absolute atomic E-state index is 0.0371. The monoisotopic (exact) mass is 539 g/mol. The van der Waals surface area contributed by atoms with Gasteiger partial charge in [0, 0.05) is 28.7 Å². The zero-order valence-electron chi connectivity index (χ0n) is 18.7. The highest BCUT2D eigenvalue weighted by Crippen LogP contribution is 2.41. The Hall–Kier alpha value is -2.63. The van der Waals surface area contributed by atoms with Gasteiger partial charge < -0.3 is 18.8 Å². The molecular formula is C23H23Cl2N3O6S. The van der Waals surface area contributed by atoms with Gasteiger partial charge in [-0.2, -0.15) is 0 Å². The predicted octanol–water partition coefficient (Wildman–Crippen LogP) is 4.50. The average Bonchev–Trinajstić information content (AvgIpc) is 3.44. The lowest BCUT2D eigenvalue weighted by atomic mass is 10.1. The zero-order valence-corrected chi connectivity index (χ0v) is 21.0. The van der Waals surface area contributed by atoms with Crippen molar-refractivity contribution in [1.29, 1.82) is 0 Å². The molecule has 2 heterocycles. The SMILES string of the molecule is CCOC(=O)Nc1ccc(S(=O)(=O)C[C@@H]2CO[C@@](Cn3ccnc3)(c3ccc(Cl)cc3Cl)O2)cc1. The Morgan fingerprint density at radius 3 is 2.69 bits per heavy atom. The van der Waals surface area contributed by atoms with Crippen molar-refractivity contribution in [3.05, 3.63) is 76.8 Å². The second-order valence-corrected chi connectivity index (χ2v) is 10.7. The van der Waals surface area contributed by atoms with Crippen LogP contribution >= 0.6 is 23.2 Å². The quantitative estimate of drug-likeness (QED) is 0.448. The number of ether oxygens (including phenoxy) is 3. The van der Waals surface area contributed by atoms with E-state index in [1.54, 1.807) is 48.4 Å². The molecule has 2 aromatic carbocycles. The summed E-state index contributed by atoms with van der Waals surface area (Å²) >= 11 is 12.5. The molecule has 1 amide bonds. The smallest absolute Gasteiger partial charge is 0.411 e. The van der Waals surface area contributed by atoms with Crippen LogP contribution in [0.2, 0.25) is 10.0 Å². The standard InChI is InChI=1S/C23H23Cl2N3O6S/c1-2-32-22(29)27-17-4-6-19(7-5-17)35(30,31)13-18-12-33-23(34-18,14-28-10-9-26-15-28)20-8-3-16(24)11-21(20)25/h3-11,15,18H,2,12-14H2,1H3,(H,27,29)/t18-,23+/m0/s1. The maximum Gasteiger partial charge on any atom is 0.411 e. The van der Waals surface area contributed by atoms with Crippen LogP contribution in [0.15, 0.2) is 66.1 Å². The van der Waals surface area contributed by atoms with E-state index in [0.29, 0.717) is 21.3 Å². The van der Waals surface area contributed by atoms with E-state index in [2.05, 4.69) is 10.3 Å². The maximum absolute atomic E-state index is 13.1. The summed E-state index contributed by atoms with van der Waals surface area (Å²) < 4.78 is 45.1. The van der Waals surface area contributed by atoms with Crippen LogP contribution in [0.4, 0.5) is 10.5 Å². The fraction of sp³-hybridized carbons (Fsp3) is 0.304. The maximum atomic E-state index is 13.1. The fourth-order valence-electron chi connectivity index (χ4n) is 3.75. The van der Waals surface area contributed by atoms with Crippen LogP contribution in [0.1, 0.15) is 12.5 Å². The third-order valence-electron chi connectivity index (χ3n) is 5.29. The molecule has 1 fully saturated rings. The fourth-order valence-corrected chi connectivity index (χ4v) is 5.70. The van der Waals surface area contributed by atoms with E-state index in [9.17, 15) is 13.2 Å². The van der Waals surface area contributed by atoms with E-state index in [1.165, 1.54) is 24.3 Å². The first kappa shape index (κ1) is 25.5. The number of carbonyl (C=O) groups excluding carboxylic acids is 1. The Bertz CT molecular complexity index is 1290. The topological polar surface area (TPSA) is 109 Å². The summed E-state index contributed by atoms with van der Waals surface area (Å²) in [5.41, 5.74) is 0.950. The molecule has 35 heavy (non-hydrogen) atoms. The van der Waals surface area contributed by atoms with Crippen molar-refractivity contribution >= 4 is 44.8 Å². The number of halogens is 2. The van der Waals surface area contributed by atoms with E-state index in [-0.39, 0.29) is 30.4 Å². The molecule has 1 N–H and O–H groups in total. The van der Waals surface area contributed by atoms with Crippen molar-refractivity contribution in [3.63, 3.8) is 0 Å². The van der Waals surface area contributed by atoms with Gasteiger partial charge in [0.15, 0.2) is 9.84 Å². The van der Waals surface area contributed by atoms with E-state index < -0.39 is 27.8 Å². The lowest BCUT2D eigenvalue weighted by molar-refractivity contribution is -0.184. The molecule has 12 heteroatoms. The van der Waals surface area contributed by atoms with E-state index in [0.717, 1.165) is 0 Å². The molecule has 186 valence electrons. The van der Waals surface area contributed by atoms with Crippen LogP contribution in [0.3, 0.4) is 0 Å². The lowest BCUT2D eigenvalue weighted by Gasteiger charge is -2.30.